The second-order valence-corrected chi connectivity index (χ2v) is 6.70. The van der Waals surface area contributed by atoms with Crippen LogP contribution >= 0.6 is 0 Å². The van der Waals surface area contributed by atoms with E-state index in [1.54, 1.807) is 0 Å². The van der Waals surface area contributed by atoms with Crippen LogP contribution in [0, 0.1) is 17.0 Å². The van der Waals surface area contributed by atoms with Crippen LogP contribution in [-0.4, -0.2) is 24.2 Å². The van der Waals surface area contributed by atoms with Gasteiger partial charge in [0.2, 0.25) is 5.91 Å². The number of nitrogens with two attached hydrogens (primary N) is 1. The lowest BCUT2D eigenvalue weighted by Gasteiger charge is -2.42. The van der Waals surface area contributed by atoms with Gasteiger partial charge in [-0.1, -0.05) is 0 Å². The summed E-state index contributed by atoms with van der Waals surface area (Å²) >= 11 is 0. The molecule has 2 fully saturated rings. The summed E-state index contributed by atoms with van der Waals surface area (Å²) in [5, 5.41) is 0. The first-order valence-electron chi connectivity index (χ1n) is 7.46. The van der Waals surface area contributed by atoms with Crippen molar-refractivity contribution in [2.75, 3.05) is 11.4 Å². The number of carbonyl (C=O) groups excluding carboxylic acids is 1. The molecule has 3 nitrogen and oxygen atoms in total. The van der Waals surface area contributed by atoms with Crippen LogP contribution in [0.5, 0.6) is 0 Å². The highest BCUT2D eigenvalue weighted by Crippen LogP contribution is 2.49. The molecule has 3 rings (SSSR count). The number of anilines is 1. The summed E-state index contributed by atoms with van der Waals surface area (Å²) in [5.41, 5.74) is 3.94. The molecule has 3 atom stereocenters. The van der Waals surface area contributed by atoms with Crippen molar-refractivity contribution < 1.29 is 18.0 Å². The maximum atomic E-state index is 14.2. The molecule has 0 bridgehead atoms. The minimum Gasteiger partial charge on any atom is -0.325 e. The predicted octanol–water partition coefficient (Wildman–Crippen LogP) is 2.93. The maximum Gasteiger partial charge on any atom is 0.233 e. The highest BCUT2D eigenvalue weighted by Gasteiger charge is 2.54. The van der Waals surface area contributed by atoms with Gasteiger partial charge >= 0.3 is 0 Å². The third-order valence-corrected chi connectivity index (χ3v) is 5.15. The second-order valence-electron chi connectivity index (χ2n) is 6.70. The summed E-state index contributed by atoms with van der Waals surface area (Å²) in [6, 6.07) is 2.35. The molecule has 1 aromatic carbocycles. The van der Waals surface area contributed by atoms with Crippen molar-refractivity contribution in [3.63, 3.8) is 0 Å². The summed E-state index contributed by atoms with van der Waals surface area (Å²) in [6.45, 7) is 1.83. The fourth-order valence-electron chi connectivity index (χ4n) is 3.59. The number of hydrogen-bond donors (Lipinski definition) is 1. The molecule has 2 N–H and O–H groups in total. The Balaban J connectivity index is 1.86. The fourth-order valence-corrected chi connectivity index (χ4v) is 3.59. The molecule has 0 aromatic heterocycles. The van der Waals surface area contributed by atoms with E-state index in [9.17, 15) is 18.0 Å². The summed E-state index contributed by atoms with van der Waals surface area (Å²) < 4.78 is 40.9. The fraction of sp³-hybridized carbons (Fsp3) is 0.562. The monoisotopic (exact) mass is 312 g/mol. The van der Waals surface area contributed by atoms with Gasteiger partial charge in [0.15, 0.2) is 0 Å². The molecule has 1 saturated carbocycles. The van der Waals surface area contributed by atoms with Gasteiger partial charge in [0.25, 0.3) is 0 Å². The van der Waals surface area contributed by atoms with Crippen LogP contribution in [0.2, 0.25) is 0 Å². The van der Waals surface area contributed by atoms with E-state index in [1.807, 2.05) is 0 Å². The first kappa shape index (κ1) is 15.3. The SMILES string of the molecule is CC1(F)CCC2(CCN(c3cc(F)cc(F)c3)C2=O)CC1N. The van der Waals surface area contributed by atoms with Crippen LogP contribution in [0.1, 0.15) is 32.6 Å². The molecular formula is C16H19F3N2O. The van der Waals surface area contributed by atoms with Crippen LogP contribution < -0.4 is 10.6 Å². The Morgan fingerprint density at radius 2 is 1.82 bits per heavy atom. The van der Waals surface area contributed by atoms with Gasteiger partial charge < -0.3 is 10.6 Å². The van der Waals surface area contributed by atoms with Crippen molar-refractivity contribution in [1.82, 2.24) is 0 Å². The normalized spacial score (nSPS) is 35.4. The lowest BCUT2D eigenvalue weighted by molar-refractivity contribution is -0.129. The van der Waals surface area contributed by atoms with E-state index < -0.39 is 28.8 Å². The largest absolute Gasteiger partial charge is 0.325 e. The number of hydrogen-bond acceptors (Lipinski definition) is 2. The molecular weight excluding hydrogens is 293 g/mol. The summed E-state index contributed by atoms with van der Waals surface area (Å²) in [6.07, 6.45) is 1.45. The molecule has 22 heavy (non-hydrogen) atoms. The number of alkyl halides is 1. The van der Waals surface area contributed by atoms with E-state index in [4.69, 9.17) is 5.73 Å². The topological polar surface area (TPSA) is 46.3 Å². The van der Waals surface area contributed by atoms with Gasteiger partial charge in [0.05, 0.1) is 5.41 Å². The molecule has 6 heteroatoms. The van der Waals surface area contributed by atoms with Crippen molar-refractivity contribution in [3.05, 3.63) is 29.8 Å². The lowest BCUT2D eigenvalue weighted by atomic mass is 9.66. The van der Waals surface area contributed by atoms with Gasteiger partial charge in [0, 0.05) is 24.3 Å². The van der Waals surface area contributed by atoms with Crippen LogP contribution in [-0.2, 0) is 4.79 Å². The summed E-state index contributed by atoms with van der Waals surface area (Å²) in [7, 11) is 0. The van der Waals surface area contributed by atoms with Crippen molar-refractivity contribution in [2.24, 2.45) is 11.1 Å². The molecule has 1 aliphatic heterocycles. The Morgan fingerprint density at radius 3 is 2.41 bits per heavy atom. The zero-order chi connectivity index (χ0) is 16.1. The molecule has 1 aromatic rings. The quantitative estimate of drug-likeness (QED) is 0.866. The first-order chi connectivity index (χ1) is 10.2. The van der Waals surface area contributed by atoms with E-state index >= 15 is 0 Å². The van der Waals surface area contributed by atoms with Crippen molar-refractivity contribution in [3.8, 4) is 0 Å². The van der Waals surface area contributed by atoms with E-state index in [-0.39, 0.29) is 24.4 Å². The third-order valence-electron chi connectivity index (χ3n) is 5.15. The van der Waals surface area contributed by atoms with Gasteiger partial charge in [-0.25, -0.2) is 13.2 Å². The highest BCUT2D eigenvalue weighted by atomic mass is 19.1. The number of rotatable bonds is 1. The van der Waals surface area contributed by atoms with Gasteiger partial charge in [0.1, 0.15) is 17.3 Å². The Hall–Kier alpha value is -1.56. The van der Waals surface area contributed by atoms with Crippen LogP contribution in [0.3, 0.4) is 0 Å². The number of benzene rings is 1. The minimum absolute atomic E-state index is 0.205. The van der Waals surface area contributed by atoms with Gasteiger partial charge in [-0.3, -0.25) is 4.79 Å². The number of carbonyl (C=O) groups is 1. The standard InChI is InChI=1S/C16H19F3N2O/c1-15(19)2-3-16(9-13(15)20)4-5-21(14(16)22)12-7-10(17)6-11(18)8-12/h6-8,13H,2-5,9,20H2,1H3. The van der Waals surface area contributed by atoms with Crippen LogP contribution in [0.15, 0.2) is 18.2 Å². The molecule has 3 unspecified atom stereocenters. The van der Waals surface area contributed by atoms with Crippen molar-refractivity contribution >= 4 is 11.6 Å². The number of amides is 1. The molecule has 1 aliphatic carbocycles. The zero-order valence-electron chi connectivity index (χ0n) is 12.4. The molecule has 0 radical (unpaired) electrons. The van der Waals surface area contributed by atoms with Crippen molar-refractivity contribution in [1.29, 1.82) is 0 Å². The second kappa shape index (κ2) is 4.98. The minimum atomic E-state index is -1.47. The maximum absolute atomic E-state index is 14.2. The number of nitrogens with zero attached hydrogens (tertiary/aromatic N) is 1. The number of halogens is 3. The van der Waals surface area contributed by atoms with Crippen LogP contribution in [0.25, 0.3) is 0 Å². The van der Waals surface area contributed by atoms with Gasteiger partial charge in [-0.2, -0.15) is 0 Å². The van der Waals surface area contributed by atoms with E-state index in [1.165, 1.54) is 11.8 Å². The summed E-state index contributed by atoms with van der Waals surface area (Å²) in [4.78, 5) is 14.2. The Bertz CT molecular complexity index is 599. The first-order valence-corrected chi connectivity index (χ1v) is 7.46. The van der Waals surface area contributed by atoms with E-state index in [0.29, 0.717) is 19.4 Å². The third kappa shape index (κ3) is 2.39. The highest BCUT2D eigenvalue weighted by molar-refractivity contribution is 6.00. The zero-order valence-corrected chi connectivity index (χ0v) is 12.4. The predicted molar refractivity (Wildman–Crippen MR) is 77.1 cm³/mol. The Kier molecular flexibility index (Phi) is 3.47. The van der Waals surface area contributed by atoms with Crippen LogP contribution in [0.4, 0.5) is 18.9 Å². The average molecular weight is 312 g/mol. The molecule has 1 saturated heterocycles. The van der Waals surface area contributed by atoms with E-state index in [2.05, 4.69) is 0 Å². The Labute approximate surface area is 127 Å². The lowest BCUT2D eigenvalue weighted by Crippen LogP contribution is -2.52. The molecule has 1 spiro atoms. The van der Waals surface area contributed by atoms with Gasteiger partial charge in [-0.15, -0.1) is 0 Å². The summed E-state index contributed by atoms with van der Waals surface area (Å²) in [5.74, 6) is -1.65. The molecule has 120 valence electrons. The average Bonchev–Trinajstić information content (AvgIpc) is 2.72. The van der Waals surface area contributed by atoms with Gasteiger partial charge in [-0.05, 0) is 44.7 Å². The van der Waals surface area contributed by atoms with E-state index in [0.717, 1.165) is 18.2 Å². The van der Waals surface area contributed by atoms with Crippen molar-refractivity contribution in [2.45, 2.75) is 44.3 Å². The molecule has 1 amide bonds. The molecule has 2 aliphatic rings. The smallest absolute Gasteiger partial charge is 0.233 e. The molecule has 1 heterocycles. The Morgan fingerprint density at radius 1 is 1.18 bits per heavy atom.